The van der Waals surface area contributed by atoms with Crippen molar-refractivity contribution < 1.29 is 14.3 Å². The van der Waals surface area contributed by atoms with Crippen LogP contribution in [0, 0.1) is 0 Å². The number of para-hydroxylation sites is 1. The Morgan fingerprint density at radius 1 is 1.08 bits per heavy atom. The van der Waals surface area contributed by atoms with Crippen LogP contribution in [0.4, 0.5) is 5.82 Å². The molecular weight excluding hydrogens is 328 g/mol. The van der Waals surface area contributed by atoms with E-state index in [1.165, 1.54) is 7.11 Å². The van der Waals surface area contributed by atoms with Gasteiger partial charge in [-0.2, -0.15) is 0 Å². The Labute approximate surface area is 152 Å². The van der Waals surface area contributed by atoms with Gasteiger partial charge in [-0.25, -0.2) is 9.78 Å². The van der Waals surface area contributed by atoms with Gasteiger partial charge in [-0.05, 0) is 36.4 Å². The molecule has 132 valence electrons. The van der Waals surface area contributed by atoms with Gasteiger partial charge in [0.2, 0.25) is 0 Å². The van der Waals surface area contributed by atoms with Gasteiger partial charge in [0.05, 0.1) is 19.8 Å². The number of rotatable bonds is 5. The molecule has 3 aromatic rings. The molecule has 0 spiro atoms. The lowest BCUT2D eigenvalue weighted by molar-refractivity contribution is 0.0601. The van der Waals surface area contributed by atoms with Crippen LogP contribution >= 0.6 is 0 Å². The molecule has 1 aromatic heterocycles. The zero-order chi connectivity index (χ0) is 18.1. The highest BCUT2D eigenvalue weighted by Crippen LogP contribution is 2.38. The predicted molar refractivity (Wildman–Crippen MR) is 102 cm³/mol. The first kappa shape index (κ1) is 16.4. The number of nitrogens with zero attached hydrogens (tertiary/aromatic N) is 1. The highest BCUT2D eigenvalue weighted by Gasteiger charge is 2.23. The summed E-state index contributed by atoms with van der Waals surface area (Å²) in [6.45, 7) is 0. The number of carbonyl (C=O) groups excluding carboxylic acids is 1. The van der Waals surface area contributed by atoms with Crippen LogP contribution in [0.5, 0.6) is 5.75 Å². The first-order valence-corrected chi connectivity index (χ1v) is 8.62. The third-order valence-corrected chi connectivity index (χ3v) is 4.62. The largest absolute Gasteiger partial charge is 0.496 e. The van der Waals surface area contributed by atoms with E-state index >= 15 is 0 Å². The highest BCUT2D eigenvalue weighted by molar-refractivity contribution is 6.05. The second kappa shape index (κ2) is 6.67. The zero-order valence-corrected chi connectivity index (χ0v) is 14.8. The van der Waals surface area contributed by atoms with Gasteiger partial charge in [0.25, 0.3) is 0 Å². The van der Waals surface area contributed by atoms with Crippen molar-refractivity contribution in [1.82, 2.24) is 4.98 Å². The zero-order valence-electron chi connectivity index (χ0n) is 14.8. The van der Waals surface area contributed by atoms with Crippen LogP contribution in [-0.4, -0.2) is 31.2 Å². The summed E-state index contributed by atoms with van der Waals surface area (Å²) >= 11 is 0. The molecule has 1 N–H and O–H groups in total. The van der Waals surface area contributed by atoms with Gasteiger partial charge in [0.15, 0.2) is 0 Å². The Balaban J connectivity index is 1.93. The molecule has 0 bridgehead atoms. The van der Waals surface area contributed by atoms with Gasteiger partial charge in [-0.15, -0.1) is 0 Å². The Kier molecular flexibility index (Phi) is 4.21. The third kappa shape index (κ3) is 2.96. The fourth-order valence-corrected chi connectivity index (χ4v) is 3.11. The average Bonchev–Trinajstić information content (AvgIpc) is 3.51. The van der Waals surface area contributed by atoms with Crippen LogP contribution in [-0.2, 0) is 4.74 Å². The molecule has 0 saturated heterocycles. The molecule has 5 nitrogen and oxygen atoms in total. The minimum Gasteiger partial charge on any atom is -0.496 e. The topological polar surface area (TPSA) is 60.5 Å². The number of ether oxygens (including phenoxy) is 2. The maximum atomic E-state index is 12.0. The number of aromatic nitrogens is 1. The average molecular weight is 348 g/mol. The van der Waals surface area contributed by atoms with Crippen molar-refractivity contribution >= 4 is 22.6 Å². The van der Waals surface area contributed by atoms with E-state index in [2.05, 4.69) is 10.3 Å². The Hall–Kier alpha value is -3.08. The summed E-state index contributed by atoms with van der Waals surface area (Å²) < 4.78 is 10.4. The van der Waals surface area contributed by atoms with Crippen LogP contribution in [0.15, 0.2) is 48.7 Å². The molecule has 1 aliphatic carbocycles. The van der Waals surface area contributed by atoms with E-state index < -0.39 is 0 Å². The number of hydrogen-bond donors (Lipinski definition) is 1. The third-order valence-electron chi connectivity index (χ3n) is 4.62. The SMILES string of the molecule is COC(=O)c1ccc2c(-c3ccccc3OC)cnc(NC3CC3)c2c1. The smallest absolute Gasteiger partial charge is 0.337 e. The number of pyridine rings is 1. The van der Waals surface area contributed by atoms with Crippen molar-refractivity contribution in [2.45, 2.75) is 18.9 Å². The van der Waals surface area contributed by atoms with Crippen molar-refractivity contribution in [2.24, 2.45) is 0 Å². The molecule has 4 rings (SSSR count). The van der Waals surface area contributed by atoms with Gasteiger partial charge in [-0.1, -0.05) is 24.3 Å². The van der Waals surface area contributed by atoms with Crippen molar-refractivity contribution in [2.75, 3.05) is 19.5 Å². The summed E-state index contributed by atoms with van der Waals surface area (Å²) in [7, 11) is 3.05. The monoisotopic (exact) mass is 348 g/mol. The van der Waals surface area contributed by atoms with E-state index in [0.29, 0.717) is 11.6 Å². The van der Waals surface area contributed by atoms with Crippen molar-refractivity contribution in [3.05, 3.63) is 54.2 Å². The van der Waals surface area contributed by atoms with Crippen LogP contribution in [0.3, 0.4) is 0 Å². The molecule has 26 heavy (non-hydrogen) atoms. The normalized spacial score (nSPS) is 13.5. The Morgan fingerprint density at radius 3 is 2.62 bits per heavy atom. The number of carbonyl (C=O) groups is 1. The minimum atomic E-state index is -0.355. The maximum absolute atomic E-state index is 12.0. The van der Waals surface area contributed by atoms with E-state index in [9.17, 15) is 4.79 Å². The number of hydrogen-bond acceptors (Lipinski definition) is 5. The molecule has 1 aliphatic rings. The molecule has 2 aromatic carbocycles. The molecule has 5 heteroatoms. The Bertz CT molecular complexity index is 980. The van der Waals surface area contributed by atoms with Crippen LogP contribution in [0.25, 0.3) is 21.9 Å². The molecular formula is C21H20N2O3. The summed E-state index contributed by atoms with van der Waals surface area (Å²) in [4.78, 5) is 16.6. The summed E-state index contributed by atoms with van der Waals surface area (Å²) in [6, 6.07) is 13.9. The molecule has 0 atom stereocenters. The lowest BCUT2D eigenvalue weighted by Gasteiger charge is -2.15. The van der Waals surface area contributed by atoms with Gasteiger partial charge < -0.3 is 14.8 Å². The number of anilines is 1. The fourth-order valence-electron chi connectivity index (χ4n) is 3.11. The minimum absolute atomic E-state index is 0.355. The van der Waals surface area contributed by atoms with E-state index in [1.54, 1.807) is 13.2 Å². The van der Waals surface area contributed by atoms with Gasteiger partial charge in [0, 0.05) is 28.8 Å². The maximum Gasteiger partial charge on any atom is 0.337 e. The van der Waals surface area contributed by atoms with Gasteiger partial charge in [0.1, 0.15) is 11.6 Å². The van der Waals surface area contributed by atoms with Gasteiger partial charge >= 0.3 is 5.97 Å². The fraction of sp³-hybridized carbons (Fsp3) is 0.238. The summed E-state index contributed by atoms with van der Waals surface area (Å²) in [5, 5.41) is 5.38. The lowest BCUT2D eigenvalue weighted by atomic mass is 9.98. The molecule has 0 aliphatic heterocycles. The molecule has 1 saturated carbocycles. The standard InChI is InChI=1S/C21H20N2O3/c1-25-19-6-4-3-5-16(19)18-12-22-20(23-14-8-9-14)17-11-13(21(24)26-2)7-10-15(17)18/h3-7,10-12,14H,8-9H2,1-2H3,(H,22,23). The number of methoxy groups -OCH3 is 2. The number of benzene rings is 2. The number of esters is 1. The van der Waals surface area contributed by atoms with E-state index in [0.717, 1.165) is 46.3 Å². The summed E-state index contributed by atoms with van der Waals surface area (Å²) in [5.74, 6) is 1.23. The molecule has 1 fully saturated rings. The molecule has 0 radical (unpaired) electrons. The van der Waals surface area contributed by atoms with E-state index in [1.807, 2.05) is 42.6 Å². The van der Waals surface area contributed by atoms with Crippen LogP contribution < -0.4 is 10.1 Å². The number of nitrogens with one attached hydrogen (secondary N) is 1. The molecule has 0 unspecified atom stereocenters. The van der Waals surface area contributed by atoms with Crippen molar-refractivity contribution in [3.63, 3.8) is 0 Å². The predicted octanol–water partition coefficient (Wildman–Crippen LogP) is 4.27. The van der Waals surface area contributed by atoms with E-state index in [4.69, 9.17) is 9.47 Å². The summed E-state index contributed by atoms with van der Waals surface area (Å²) in [6.07, 6.45) is 4.16. The van der Waals surface area contributed by atoms with Crippen molar-refractivity contribution in [3.8, 4) is 16.9 Å². The first-order chi connectivity index (χ1) is 12.7. The number of fused-ring (bicyclic) bond motifs is 1. The molecule has 0 amide bonds. The van der Waals surface area contributed by atoms with Gasteiger partial charge in [-0.3, -0.25) is 0 Å². The van der Waals surface area contributed by atoms with E-state index in [-0.39, 0.29) is 5.97 Å². The summed E-state index contributed by atoms with van der Waals surface area (Å²) in [5.41, 5.74) is 2.45. The lowest BCUT2D eigenvalue weighted by Crippen LogP contribution is -2.06. The second-order valence-corrected chi connectivity index (χ2v) is 6.39. The Morgan fingerprint density at radius 2 is 1.88 bits per heavy atom. The highest BCUT2D eigenvalue weighted by atomic mass is 16.5. The van der Waals surface area contributed by atoms with Crippen LogP contribution in [0.1, 0.15) is 23.2 Å². The van der Waals surface area contributed by atoms with Crippen molar-refractivity contribution in [1.29, 1.82) is 0 Å². The van der Waals surface area contributed by atoms with Crippen LogP contribution in [0.2, 0.25) is 0 Å². The quantitative estimate of drug-likeness (QED) is 0.698. The second-order valence-electron chi connectivity index (χ2n) is 6.39. The molecule has 1 heterocycles. The first-order valence-electron chi connectivity index (χ1n) is 8.62.